The first kappa shape index (κ1) is 18.8. The molecule has 7 heteroatoms. The van der Waals surface area contributed by atoms with Gasteiger partial charge in [-0.1, -0.05) is 18.2 Å². The van der Waals surface area contributed by atoms with Crippen molar-refractivity contribution in [2.45, 2.75) is 0 Å². The third-order valence-electron chi connectivity index (χ3n) is 3.79. The highest BCUT2D eigenvalue weighted by Crippen LogP contribution is 2.43. The summed E-state index contributed by atoms with van der Waals surface area (Å²) in [5.74, 6) is -0.995. The van der Waals surface area contributed by atoms with Gasteiger partial charge in [0.2, 0.25) is 0 Å². The average Bonchev–Trinajstić information content (AvgIpc) is 2.56. The summed E-state index contributed by atoms with van der Waals surface area (Å²) in [4.78, 5) is 11.5. The molecule has 0 aromatic heterocycles. The minimum atomic E-state index is -1.03. The second-order valence-corrected chi connectivity index (χ2v) is 8.26. The second kappa shape index (κ2) is 7.36. The van der Waals surface area contributed by atoms with Gasteiger partial charge >= 0.3 is 5.97 Å². The highest BCUT2D eigenvalue weighted by atomic mass is 127. The predicted molar refractivity (Wildman–Crippen MR) is 116 cm³/mol. The van der Waals surface area contributed by atoms with Gasteiger partial charge in [0.15, 0.2) is 0 Å². The van der Waals surface area contributed by atoms with E-state index in [0.717, 1.165) is 29.9 Å². The molecule has 1 N–H and O–H groups in total. The van der Waals surface area contributed by atoms with E-state index in [1.807, 2.05) is 12.1 Å². The molecule has 0 saturated carbocycles. The fourth-order valence-corrected chi connectivity index (χ4v) is 5.83. The molecule has 0 aliphatic carbocycles. The molecule has 0 aliphatic rings. The van der Waals surface area contributed by atoms with Gasteiger partial charge in [-0.15, -0.1) is 0 Å². The molecule has 0 bridgehead atoms. The van der Waals surface area contributed by atoms with Crippen LogP contribution in [-0.4, -0.2) is 18.2 Å². The summed E-state index contributed by atoms with van der Waals surface area (Å²) in [6, 6.07) is 9.96. The Morgan fingerprint density at radius 2 is 1.92 bits per heavy atom. The zero-order valence-electron chi connectivity index (χ0n) is 12.7. The lowest BCUT2D eigenvalue weighted by atomic mass is 9.99. The maximum Gasteiger partial charge on any atom is 0.339 e. The Bertz CT molecular complexity index is 1020. The van der Waals surface area contributed by atoms with Crippen LogP contribution in [0.25, 0.3) is 21.9 Å². The number of ether oxygens (including phenoxy) is 1. The number of fused-ring (bicyclic) bond motifs is 1. The summed E-state index contributed by atoms with van der Waals surface area (Å²) < 4.78 is 21.1. The van der Waals surface area contributed by atoms with Crippen LogP contribution < -0.4 is 4.74 Å². The molecule has 3 aromatic carbocycles. The SMILES string of the molecule is COc1c(C(=O)O)cc(I)c(-c2ccc3cc(F)ccc3c2Br)c1I. The first-order valence-electron chi connectivity index (χ1n) is 7.02. The normalized spacial score (nSPS) is 10.9. The van der Waals surface area contributed by atoms with Crippen molar-refractivity contribution in [1.29, 1.82) is 0 Å². The van der Waals surface area contributed by atoms with Crippen LogP contribution in [0.5, 0.6) is 5.75 Å². The Morgan fingerprint density at radius 1 is 1.20 bits per heavy atom. The van der Waals surface area contributed by atoms with Crippen LogP contribution >= 0.6 is 61.1 Å². The molecule has 3 aromatic rings. The Kier molecular flexibility index (Phi) is 5.54. The topological polar surface area (TPSA) is 46.5 Å². The monoisotopic (exact) mass is 626 g/mol. The average molecular weight is 627 g/mol. The Balaban J connectivity index is 2.33. The maximum absolute atomic E-state index is 13.4. The lowest BCUT2D eigenvalue weighted by Crippen LogP contribution is -2.05. The van der Waals surface area contributed by atoms with Gasteiger partial charge in [-0.05, 0) is 95.6 Å². The lowest BCUT2D eigenvalue weighted by Gasteiger charge is -2.16. The summed E-state index contributed by atoms with van der Waals surface area (Å²) in [5, 5.41) is 11.1. The number of methoxy groups -OCH3 is 1. The van der Waals surface area contributed by atoms with Crippen molar-refractivity contribution in [3.05, 3.63) is 59.4 Å². The van der Waals surface area contributed by atoms with E-state index < -0.39 is 5.97 Å². The summed E-state index contributed by atoms with van der Waals surface area (Å²) in [6.45, 7) is 0. The van der Waals surface area contributed by atoms with E-state index in [1.54, 1.807) is 12.1 Å². The first-order valence-corrected chi connectivity index (χ1v) is 9.97. The molecule has 0 aliphatic heterocycles. The van der Waals surface area contributed by atoms with Crippen LogP contribution in [0.15, 0.2) is 40.9 Å². The number of hydrogen-bond acceptors (Lipinski definition) is 2. The number of carbonyl (C=O) groups is 1. The zero-order valence-corrected chi connectivity index (χ0v) is 18.6. The van der Waals surface area contributed by atoms with Gasteiger partial charge in [-0.3, -0.25) is 0 Å². The molecular weight excluding hydrogens is 617 g/mol. The van der Waals surface area contributed by atoms with E-state index in [9.17, 15) is 14.3 Å². The summed E-state index contributed by atoms with van der Waals surface area (Å²) in [7, 11) is 1.46. The number of carboxylic acids is 1. The number of rotatable bonds is 3. The molecular formula is C18H10BrFI2O3. The standard InChI is InChI=1S/C18H10BrFI2O3/c1-25-17-12(18(23)24)7-13(21)14(16(17)22)11-4-2-8-6-9(20)3-5-10(8)15(11)19/h2-7H,1H3,(H,23,24). The molecule has 0 amide bonds. The van der Waals surface area contributed by atoms with Crippen LogP contribution in [0.3, 0.4) is 0 Å². The highest BCUT2D eigenvalue weighted by Gasteiger charge is 2.22. The highest BCUT2D eigenvalue weighted by molar-refractivity contribution is 14.1. The fraction of sp³-hybridized carbons (Fsp3) is 0.0556. The Labute approximate surface area is 179 Å². The van der Waals surface area contributed by atoms with Crippen LogP contribution in [0.4, 0.5) is 4.39 Å². The fourth-order valence-electron chi connectivity index (χ4n) is 2.66. The third kappa shape index (κ3) is 3.37. The van der Waals surface area contributed by atoms with Crippen molar-refractivity contribution in [2.24, 2.45) is 0 Å². The molecule has 0 spiro atoms. The van der Waals surface area contributed by atoms with Gasteiger partial charge in [-0.25, -0.2) is 9.18 Å². The van der Waals surface area contributed by atoms with E-state index in [1.165, 1.54) is 19.2 Å². The van der Waals surface area contributed by atoms with E-state index in [4.69, 9.17) is 4.74 Å². The number of halogens is 4. The van der Waals surface area contributed by atoms with Gasteiger partial charge in [0.1, 0.15) is 17.1 Å². The molecule has 3 nitrogen and oxygen atoms in total. The van der Waals surface area contributed by atoms with Gasteiger partial charge in [0, 0.05) is 13.6 Å². The van der Waals surface area contributed by atoms with Crippen LogP contribution in [0, 0.1) is 13.0 Å². The largest absolute Gasteiger partial charge is 0.495 e. The minimum Gasteiger partial charge on any atom is -0.495 e. The molecule has 0 saturated heterocycles. The molecule has 0 unspecified atom stereocenters. The van der Waals surface area contributed by atoms with E-state index in [2.05, 4.69) is 61.1 Å². The molecule has 0 atom stereocenters. The van der Waals surface area contributed by atoms with E-state index in [-0.39, 0.29) is 11.4 Å². The summed E-state index contributed by atoms with van der Waals surface area (Å²) in [5.41, 5.74) is 1.89. The summed E-state index contributed by atoms with van der Waals surface area (Å²) >= 11 is 7.84. The van der Waals surface area contributed by atoms with Gasteiger partial charge in [-0.2, -0.15) is 0 Å². The molecule has 25 heavy (non-hydrogen) atoms. The first-order chi connectivity index (χ1) is 11.8. The van der Waals surface area contributed by atoms with Crippen molar-refractivity contribution in [1.82, 2.24) is 0 Å². The maximum atomic E-state index is 13.4. The number of aromatic carboxylic acids is 1. The zero-order chi connectivity index (χ0) is 18.3. The van der Waals surface area contributed by atoms with Gasteiger partial charge in [0.05, 0.1) is 10.7 Å². The molecule has 0 fully saturated rings. The van der Waals surface area contributed by atoms with Crippen LogP contribution in [-0.2, 0) is 0 Å². The molecule has 3 rings (SSSR count). The predicted octanol–water partition coefficient (Wildman–Crippen LogP) is 6.32. The lowest BCUT2D eigenvalue weighted by molar-refractivity contribution is 0.0693. The third-order valence-corrected chi connectivity index (χ3v) is 6.53. The Hall–Kier alpha value is -0.940. The Morgan fingerprint density at radius 3 is 2.56 bits per heavy atom. The van der Waals surface area contributed by atoms with Gasteiger partial charge in [0.25, 0.3) is 0 Å². The van der Waals surface area contributed by atoms with Crippen molar-refractivity contribution in [2.75, 3.05) is 7.11 Å². The van der Waals surface area contributed by atoms with Crippen molar-refractivity contribution in [3.8, 4) is 16.9 Å². The number of benzene rings is 3. The van der Waals surface area contributed by atoms with Gasteiger partial charge < -0.3 is 9.84 Å². The minimum absolute atomic E-state index is 0.124. The van der Waals surface area contributed by atoms with Crippen molar-refractivity contribution < 1.29 is 19.0 Å². The summed E-state index contributed by atoms with van der Waals surface area (Å²) in [6.07, 6.45) is 0. The van der Waals surface area contributed by atoms with Crippen molar-refractivity contribution in [3.63, 3.8) is 0 Å². The molecule has 0 radical (unpaired) electrons. The molecule has 0 heterocycles. The quantitative estimate of drug-likeness (QED) is 0.346. The van der Waals surface area contributed by atoms with Crippen LogP contribution in [0.1, 0.15) is 10.4 Å². The number of carboxylic acid groups (broad SMARTS) is 1. The van der Waals surface area contributed by atoms with E-state index in [0.29, 0.717) is 9.32 Å². The second-order valence-electron chi connectivity index (χ2n) is 5.23. The number of hydrogen-bond donors (Lipinski definition) is 1. The smallest absolute Gasteiger partial charge is 0.339 e. The van der Waals surface area contributed by atoms with E-state index >= 15 is 0 Å². The molecule has 128 valence electrons. The van der Waals surface area contributed by atoms with Crippen LogP contribution in [0.2, 0.25) is 0 Å². The van der Waals surface area contributed by atoms with Crippen molar-refractivity contribution >= 4 is 77.9 Å².